The van der Waals surface area contributed by atoms with Crippen molar-refractivity contribution in [3.05, 3.63) is 11.6 Å². The molecule has 1 aliphatic rings. The molecule has 5 heteroatoms. The van der Waals surface area contributed by atoms with Crippen LogP contribution >= 0.6 is 0 Å². The van der Waals surface area contributed by atoms with Crippen LogP contribution in [-0.2, 0) is 9.53 Å². The number of esters is 1. The van der Waals surface area contributed by atoms with Gasteiger partial charge in [0.2, 0.25) is 0 Å². The summed E-state index contributed by atoms with van der Waals surface area (Å²) < 4.78 is 5.38. The maximum atomic E-state index is 12.9. The number of allylic oxidation sites excluding steroid dienone is 1. The third-order valence-corrected chi connectivity index (χ3v) is 5.67. The van der Waals surface area contributed by atoms with Crippen LogP contribution in [0.3, 0.4) is 0 Å². The van der Waals surface area contributed by atoms with Gasteiger partial charge in [-0.2, -0.15) is 0 Å². The van der Waals surface area contributed by atoms with Crippen molar-refractivity contribution in [2.24, 2.45) is 11.3 Å². The minimum absolute atomic E-state index is 0.132. The molecule has 0 spiro atoms. The van der Waals surface area contributed by atoms with Crippen molar-refractivity contribution in [2.75, 3.05) is 20.2 Å². The van der Waals surface area contributed by atoms with Crippen LogP contribution in [0.2, 0.25) is 0 Å². The van der Waals surface area contributed by atoms with E-state index in [0.29, 0.717) is 19.1 Å². The van der Waals surface area contributed by atoms with Crippen molar-refractivity contribution in [1.29, 1.82) is 0 Å². The van der Waals surface area contributed by atoms with E-state index < -0.39 is 5.41 Å². The van der Waals surface area contributed by atoms with Gasteiger partial charge in [-0.05, 0) is 65.2 Å². The second-order valence-corrected chi connectivity index (χ2v) is 8.83. The Bertz CT molecular complexity index is 544. The zero-order valence-corrected chi connectivity index (χ0v) is 18.5. The first kappa shape index (κ1) is 23.5. The van der Waals surface area contributed by atoms with E-state index in [1.54, 1.807) is 11.9 Å². The number of carbonyl (C=O) groups is 2. The van der Waals surface area contributed by atoms with Crippen LogP contribution in [0.4, 0.5) is 4.79 Å². The molecule has 156 valence electrons. The Hall–Kier alpha value is -1.52. The molecule has 0 aromatic carbocycles. The van der Waals surface area contributed by atoms with Gasteiger partial charge in [-0.1, -0.05) is 32.4 Å². The van der Waals surface area contributed by atoms with Crippen LogP contribution in [0.1, 0.15) is 80.1 Å². The minimum Gasteiger partial charge on any atom is -0.465 e. The highest BCUT2D eigenvalue weighted by Gasteiger charge is 2.41. The van der Waals surface area contributed by atoms with Gasteiger partial charge < -0.3 is 15.0 Å². The predicted octanol–water partition coefficient (Wildman–Crippen LogP) is 4.91. The van der Waals surface area contributed by atoms with Crippen molar-refractivity contribution in [3.8, 4) is 0 Å². The Kier molecular flexibility index (Phi) is 8.83. The molecule has 0 aliphatic heterocycles. The van der Waals surface area contributed by atoms with Crippen molar-refractivity contribution in [2.45, 2.75) is 85.6 Å². The molecule has 0 fully saturated rings. The first-order valence-electron chi connectivity index (χ1n) is 10.5. The summed E-state index contributed by atoms with van der Waals surface area (Å²) in [6.45, 7) is 12.9. The maximum Gasteiger partial charge on any atom is 0.317 e. The molecular formula is C22H40N2O3. The summed E-state index contributed by atoms with van der Waals surface area (Å²) in [4.78, 5) is 27.3. The molecular weight excluding hydrogens is 340 g/mol. The first-order valence-corrected chi connectivity index (χ1v) is 10.5. The fraction of sp³-hybridized carbons (Fsp3) is 0.818. The summed E-state index contributed by atoms with van der Waals surface area (Å²) in [5, 5.41) is 3.19. The summed E-state index contributed by atoms with van der Waals surface area (Å²) in [6, 6.07) is -0.132. The van der Waals surface area contributed by atoms with Crippen molar-refractivity contribution in [3.63, 3.8) is 0 Å². The van der Waals surface area contributed by atoms with Gasteiger partial charge in [0.25, 0.3) is 0 Å². The number of nitrogens with one attached hydrogen (secondary N) is 1. The van der Waals surface area contributed by atoms with E-state index in [4.69, 9.17) is 4.74 Å². The van der Waals surface area contributed by atoms with E-state index in [1.807, 2.05) is 13.8 Å². The topological polar surface area (TPSA) is 58.6 Å². The summed E-state index contributed by atoms with van der Waals surface area (Å²) in [5.41, 5.74) is 0.0694. The van der Waals surface area contributed by atoms with E-state index in [1.165, 1.54) is 0 Å². The van der Waals surface area contributed by atoms with Crippen LogP contribution in [0.25, 0.3) is 0 Å². The monoisotopic (exact) mass is 380 g/mol. The molecule has 0 saturated carbocycles. The van der Waals surface area contributed by atoms with E-state index >= 15 is 0 Å². The molecule has 2 amide bonds. The molecule has 0 bridgehead atoms. The van der Waals surface area contributed by atoms with Crippen LogP contribution in [-0.4, -0.2) is 42.6 Å². The van der Waals surface area contributed by atoms with Gasteiger partial charge in [-0.15, -0.1) is 0 Å². The minimum atomic E-state index is -0.789. The van der Waals surface area contributed by atoms with Gasteiger partial charge in [-0.3, -0.25) is 4.79 Å². The second-order valence-electron chi connectivity index (χ2n) is 8.83. The third kappa shape index (κ3) is 6.54. The highest BCUT2D eigenvalue weighted by atomic mass is 16.5. The van der Waals surface area contributed by atoms with Gasteiger partial charge in [0.15, 0.2) is 0 Å². The average Bonchev–Trinajstić information content (AvgIpc) is 2.61. The number of carbonyl (C=O) groups excluding carboxylic acids is 2. The normalized spacial score (nSPS) is 18.9. The highest BCUT2D eigenvalue weighted by molar-refractivity contribution is 5.82. The third-order valence-electron chi connectivity index (χ3n) is 5.67. The Balaban J connectivity index is 2.95. The Morgan fingerprint density at radius 3 is 2.41 bits per heavy atom. The second kappa shape index (κ2) is 10.1. The lowest BCUT2D eigenvalue weighted by molar-refractivity contribution is -0.152. The zero-order valence-electron chi connectivity index (χ0n) is 18.5. The van der Waals surface area contributed by atoms with Gasteiger partial charge in [-0.25, -0.2) is 4.79 Å². The Morgan fingerprint density at radius 1 is 1.26 bits per heavy atom. The fourth-order valence-electron chi connectivity index (χ4n) is 4.01. The average molecular weight is 381 g/mol. The van der Waals surface area contributed by atoms with E-state index in [2.05, 4.69) is 39.1 Å². The van der Waals surface area contributed by atoms with E-state index in [-0.39, 0.29) is 17.5 Å². The largest absolute Gasteiger partial charge is 0.465 e. The molecule has 0 aromatic rings. The predicted molar refractivity (Wildman–Crippen MR) is 111 cm³/mol. The Labute approximate surface area is 165 Å². The van der Waals surface area contributed by atoms with Gasteiger partial charge in [0.1, 0.15) is 5.41 Å². The molecule has 27 heavy (non-hydrogen) atoms. The maximum absolute atomic E-state index is 12.9. The molecule has 5 nitrogen and oxygen atoms in total. The molecule has 0 aromatic heterocycles. The molecule has 1 aliphatic carbocycles. The summed E-state index contributed by atoms with van der Waals surface area (Å²) in [7, 11) is 1.77. The standard InChI is InChI=1S/C22H40N2O3/c1-8-21(5,15-17(3)4)23-20(26)24(7)16-22(6,19(25)27-9-2)18-13-11-10-12-14-18/h13,17H,8-12,14-16H2,1-7H3,(H,23,26). The van der Waals surface area contributed by atoms with Crippen molar-refractivity contribution < 1.29 is 14.3 Å². The van der Waals surface area contributed by atoms with Crippen molar-refractivity contribution in [1.82, 2.24) is 10.2 Å². The molecule has 0 heterocycles. The number of ether oxygens (including phenoxy) is 1. The number of hydrogen-bond donors (Lipinski definition) is 1. The lowest BCUT2D eigenvalue weighted by atomic mass is 9.76. The summed E-state index contributed by atoms with van der Waals surface area (Å²) >= 11 is 0. The van der Waals surface area contributed by atoms with E-state index in [0.717, 1.165) is 44.1 Å². The molecule has 0 saturated heterocycles. The molecule has 1 rings (SSSR count). The smallest absolute Gasteiger partial charge is 0.317 e. The molecule has 2 unspecified atom stereocenters. The highest BCUT2D eigenvalue weighted by Crippen LogP contribution is 2.36. The van der Waals surface area contributed by atoms with Crippen LogP contribution in [0, 0.1) is 11.3 Å². The lowest BCUT2D eigenvalue weighted by Crippen LogP contribution is -2.54. The quantitative estimate of drug-likeness (QED) is 0.456. The van der Waals surface area contributed by atoms with E-state index in [9.17, 15) is 9.59 Å². The fourth-order valence-corrected chi connectivity index (χ4v) is 4.01. The molecule has 2 atom stereocenters. The van der Waals surface area contributed by atoms with Crippen LogP contribution in [0.5, 0.6) is 0 Å². The Morgan fingerprint density at radius 2 is 1.93 bits per heavy atom. The number of rotatable bonds is 9. The van der Waals surface area contributed by atoms with Gasteiger partial charge in [0.05, 0.1) is 6.61 Å². The summed E-state index contributed by atoms with van der Waals surface area (Å²) in [5.74, 6) is 0.260. The van der Waals surface area contributed by atoms with Gasteiger partial charge in [0, 0.05) is 19.1 Å². The molecule has 0 radical (unpaired) electrons. The van der Waals surface area contributed by atoms with Crippen molar-refractivity contribution >= 4 is 12.0 Å². The number of urea groups is 1. The zero-order chi connectivity index (χ0) is 20.7. The van der Waals surface area contributed by atoms with Crippen LogP contribution in [0.15, 0.2) is 11.6 Å². The summed E-state index contributed by atoms with van der Waals surface area (Å²) in [6.07, 6.45) is 8.07. The van der Waals surface area contributed by atoms with Crippen LogP contribution < -0.4 is 5.32 Å². The first-order chi connectivity index (χ1) is 12.6. The SMILES string of the molecule is CCOC(=O)C(C)(CN(C)C(=O)NC(C)(CC)CC(C)C)C1=CCCCC1. The number of nitrogens with zero attached hydrogens (tertiary/aromatic N) is 1. The number of amides is 2. The van der Waals surface area contributed by atoms with Gasteiger partial charge >= 0.3 is 12.0 Å². The number of hydrogen-bond acceptors (Lipinski definition) is 3. The lowest BCUT2D eigenvalue weighted by Gasteiger charge is -2.38. The molecule has 1 N–H and O–H groups in total.